The number of aliphatic hydroxyl groups excluding tert-OH is 1. The highest BCUT2D eigenvalue weighted by Gasteiger charge is 2.49. The van der Waals surface area contributed by atoms with E-state index < -0.39 is 64.4 Å². The molecular formula is C52H65N3O13. The second-order valence-electron chi connectivity index (χ2n) is 19.4. The number of methoxy groups -OCH3 is 1. The molecule has 2 amide bonds. The topological polar surface area (TPSA) is 213 Å². The van der Waals surface area contributed by atoms with Crippen LogP contribution in [0.2, 0.25) is 0 Å². The van der Waals surface area contributed by atoms with Crippen molar-refractivity contribution in [2.75, 3.05) is 25.6 Å². The van der Waals surface area contributed by atoms with Crippen LogP contribution >= 0.6 is 0 Å². The van der Waals surface area contributed by atoms with Crippen molar-refractivity contribution in [1.29, 1.82) is 0 Å². The van der Waals surface area contributed by atoms with Gasteiger partial charge in [0.25, 0.3) is 11.7 Å². The molecule has 366 valence electrons. The second kappa shape index (κ2) is 19.8. The van der Waals surface area contributed by atoms with Crippen LogP contribution in [-0.4, -0.2) is 93.6 Å². The fourth-order valence-electron chi connectivity index (χ4n) is 9.31. The van der Waals surface area contributed by atoms with Gasteiger partial charge in [-0.3, -0.25) is 24.0 Å². The van der Waals surface area contributed by atoms with Crippen molar-refractivity contribution >= 4 is 62.2 Å². The molecule has 4 aromatic rings. The number of aromatic hydroxyl groups is 1. The van der Waals surface area contributed by atoms with Gasteiger partial charge in [0.2, 0.25) is 5.91 Å². The third kappa shape index (κ3) is 9.84. The number of allylic oxidation sites excluding steroid dienone is 2. The largest absolute Gasteiger partial charge is 0.505 e. The molecule has 3 aromatic carbocycles. The third-order valence-electron chi connectivity index (χ3n) is 13.7. The van der Waals surface area contributed by atoms with Crippen molar-refractivity contribution in [2.45, 2.75) is 120 Å². The highest BCUT2D eigenvalue weighted by atomic mass is 16.7. The second-order valence-corrected chi connectivity index (χ2v) is 19.4. The van der Waals surface area contributed by atoms with Gasteiger partial charge in [0.1, 0.15) is 40.9 Å². The molecule has 16 heteroatoms. The zero-order valence-electron chi connectivity index (χ0n) is 41.4. The Labute approximate surface area is 396 Å². The maximum absolute atomic E-state index is 14.8. The number of amides is 2. The number of nitrogens with zero attached hydrogens (tertiary/aromatic N) is 2. The number of rotatable bonds is 6. The molecule has 3 heterocycles. The smallest absolute Gasteiger partial charge is 0.312 e. The summed E-state index contributed by atoms with van der Waals surface area (Å²) in [5.74, 6) is -5.89. The predicted octanol–water partition coefficient (Wildman–Crippen LogP) is 8.30. The van der Waals surface area contributed by atoms with Crippen LogP contribution in [0.3, 0.4) is 0 Å². The van der Waals surface area contributed by atoms with Crippen molar-refractivity contribution in [3.05, 3.63) is 75.7 Å². The lowest BCUT2D eigenvalue weighted by molar-refractivity contribution is -0.157. The predicted molar refractivity (Wildman–Crippen MR) is 258 cm³/mol. The molecule has 0 saturated carbocycles. The molecule has 2 aliphatic heterocycles. The van der Waals surface area contributed by atoms with Gasteiger partial charge in [0.15, 0.2) is 22.3 Å². The number of phenolic OH excluding ortho intramolecular Hbond substituents is 1. The van der Waals surface area contributed by atoms with Gasteiger partial charge in [-0.2, -0.15) is 0 Å². The van der Waals surface area contributed by atoms with Crippen LogP contribution in [0, 0.1) is 36.5 Å². The van der Waals surface area contributed by atoms with Gasteiger partial charge in [0, 0.05) is 67.8 Å². The highest BCUT2D eigenvalue weighted by molar-refractivity contribution is 6.26. The minimum atomic E-state index is -2.03. The number of benzene rings is 3. The van der Waals surface area contributed by atoms with Crippen LogP contribution < -0.4 is 20.2 Å². The number of ketones is 1. The summed E-state index contributed by atoms with van der Waals surface area (Å²) in [6, 6.07) is 4.85. The number of carbonyl (C=O) groups excluding carboxylic acids is 4. The lowest BCUT2D eigenvalue weighted by Gasteiger charge is -2.39. The van der Waals surface area contributed by atoms with Crippen LogP contribution in [0.25, 0.3) is 33.0 Å². The van der Waals surface area contributed by atoms with Gasteiger partial charge >= 0.3 is 11.8 Å². The molecule has 0 spiro atoms. The molecule has 0 fully saturated rings. The van der Waals surface area contributed by atoms with Crippen LogP contribution in [-0.2, 0) is 28.6 Å². The summed E-state index contributed by atoms with van der Waals surface area (Å²) in [6.07, 6.45) is 5.64. The maximum atomic E-state index is 14.8. The van der Waals surface area contributed by atoms with Gasteiger partial charge in [-0.25, -0.2) is 4.98 Å². The Balaban J connectivity index is 1.55. The summed E-state index contributed by atoms with van der Waals surface area (Å²) in [6.45, 7) is 23.1. The Morgan fingerprint density at radius 2 is 1.66 bits per heavy atom. The molecule has 0 saturated heterocycles. The van der Waals surface area contributed by atoms with Gasteiger partial charge in [-0.05, 0) is 70.6 Å². The molecule has 9 atom stereocenters. The molecule has 16 nitrogen and oxygen atoms in total. The average molecular weight is 940 g/mol. The molecule has 0 unspecified atom stereocenters. The summed E-state index contributed by atoms with van der Waals surface area (Å²) in [7, 11) is 1.50. The molecule has 1 aromatic heterocycles. The number of carbonyl (C=O) groups is 4. The number of fused-ring (bicyclic) bond motifs is 2. The highest BCUT2D eigenvalue weighted by Crippen LogP contribution is 2.48. The number of aromatic nitrogens is 1. The van der Waals surface area contributed by atoms with E-state index in [1.54, 1.807) is 54.3 Å². The summed E-state index contributed by atoms with van der Waals surface area (Å²) >= 11 is 0. The summed E-state index contributed by atoms with van der Waals surface area (Å²) in [5, 5.41) is 26.1. The molecule has 0 radical (unpaired) electrons. The Bertz CT molecular complexity index is 2800. The van der Waals surface area contributed by atoms with Gasteiger partial charge < -0.3 is 48.5 Å². The van der Waals surface area contributed by atoms with E-state index in [1.165, 1.54) is 41.1 Å². The summed E-state index contributed by atoms with van der Waals surface area (Å²) in [4.78, 5) is 74.7. The van der Waals surface area contributed by atoms with Gasteiger partial charge in [-0.1, -0.05) is 52.8 Å². The SMILES string of the molecule is CO[C@H]1/C=C/O[C@@]2(C)Oc3c(C)c(=O)c4c(O)c(c5oc6cc(OCCN(C(C)=O)C(C)(C)C)ccc6nc5c4c3C2=O)NC(=O)/C(C)=C\C=C\[C@H](C)[C@H](O)[C@@H](C)[C@@H](C)[C@@H](C)[C@H](OC(C)=O)[C@@H]1C. The van der Waals surface area contributed by atoms with E-state index in [4.69, 9.17) is 33.1 Å². The minimum absolute atomic E-state index is 0.00797. The fourth-order valence-corrected chi connectivity index (χ4v) is 9.31. The first kappa shape index (κ1) is 51.1. The minimum Gasteiger partial charge on any atom is -0.505 e. The fraction of sp³-hybridized carbons (Fsp3) is 0.500. The van der Waals surface area contributed by atoms with E-state index in [0.29, 0.717) is 12.3 Å². The third-order valence-corrected chi connectivity index (χ3v) is 13.7. The molecule has 68 heavy (non-hydrogen) atoms. The number of aliphatic hydroxyl groups is 1. The molecular weight excluding hydrogens is 875 g/mol. The number of ether oxygens (including phenoxy) is 5. The lowest BCUT2D eigenvalue weighted by atomic mass is 9.73. The normalized spacial score (nSPS) is 27.8. The van der Waals surface area contributed by atoms with E-state index in [9.17, 15) is 34.2 Å². The summed E-state index contributed by atoms with van der Waals surface area (Å²) < 4.78 is 36.7. The van der Waals surface area contributed by atoms with Crippen LogP contribution in [0.4, 0.5) is 5.69 Å². The van der Waals surface area contributed by atoms with E-state index in [2.05, 4.69) is 5.32 Å². The Morgan fingerprint density at radius 3 is 2.29 bits per heavy atom. The number of esters is 1. The van der Waals surface area contributed by atoms with E-state index in [1.807, 2.05) is 55.4 Å². The van der Waals surface area contributed by atoms with Crippen molar-refractivity contribution in [2.24, 2.45) is 29.6 Å². The van der Waals surface area contributed by atoms with Crippen molar-refractivity contribution in [3.63, 3.8) is 0 Å². The maximum Gasteiger partial charge on any atom is 0.312 e. The molecule has 4 bridgehead atoms. The van der Waals surface area contributed by atoms with E-state index in [0.717, 1.165) is 0 Å². The van der Waals surface area contributed by atoms with Crippen LogP contribution in [0.5, 0.6) is 17.2 Å². The zero-order chi connectivity index (χ0) is 50.3. The number of hydrogen-bond acceptors (Lipinski definition) is 14. The first-order valence-corrected chi connectivity index (χ1v) is 23.0. The van der Waals surface area contributed by atoms with E-state index in [-0.39, 0.29) is 97.3 Å². The quantitative estimate of drug-likeness (QED) is 0.0718. The number of hydrogen-bond donors (Lipinski definition) is 3. The number of Topliss-reactive ketones (excluding diaryl/α,β-unsaturated/α-hetero) is 1. The van der Waals surface area contributed by atoms with Crippen LogP contribution in [0.1, 0.15) is 99.0 Å². The van der Waals surface area contributed by atoms with Crippen LogP contribution in [0.15, 0.2) is 63.6 Å². The Morgan fingerprint density at radius 1 is 0.971 bits per heavy atom. The average Bonchev–Trinajstić information content (AvgIpc) is 3.54. The lowest BCUT2D eigenvalue weighted by Crippen LogP contribution is -2.46. The Kier molecular flexibility index (Phi) is 14.9. The van der Waals surface area contributed by atoms with Gasteiger partial charge in [-0.15, -0.1) is 0 Å². The standard InChI is InChI=1S/C52H65N3O13/c1-25-16-15-17-26(2)50(62)54-42-45(60)39-38(41-48(42)67-37-24-34(18-19-35(37)53-41)64-23-21-55(32(8)56)51(10,11)12)40-47(31(7)44(39)59)68-52(13,49(40)61)65-22-20-36(63-14)30(6)46(66-33(9)57)29(5)27(3)28(4)43(25)58/h15-20,22,24-25,27-30,36,43,46,58,60H,21,23H2,1-14H3,(H,54,62)/b16-15+,22-20+,26-17-/t25-,27+,28-,29+,30+,36-,43-,46-,52-/m0/s1. The number of phenols is 1. The number of nitrogens with one attached hydrogen (secondary N) is 1. The number of anilines is 1. The van der Waals surface area contributed by atoms with Gasteiger partial charge in [0.05, 0.1) is 36.0 Å². The molecule has 2 aliphatic rings. The van der Waals surface area contributed by atoms with Crippen molar-refractivity contribution in [1.82, 2.24) is 9.88 Å². The monoisotopic (exact) mass is 939 g/mol. The zero-order valence-corrected chi connectivity index (χ0v) is 41.4. The molecule has 3 N–H and O–H groups in total. The Hall–Kier alpha value is -6.26. The first-order valence-electron chi connectivity index (χ1n) is 23.0. The van der Waals surface area contributed by atoms with Crippen molar-refractivity contribution < 1.29 is 57.5 Å². The van der Waals surface area contributed by atoms with E-state index >= 15 is 0 Å². The van der Waals surface area contributed by atoms with Crippen molar-refractivity contribution in [3.8, 4) is 17.2 Å². The molecule has 6 rings (SSSR count). The summed E-state index contributed by atoms with van der Waals surface area (Å²) in [5.41, 5.74) is -1.08. The first-order chi connectivity index (χ1) is 31.8. The molecule has 0 aliphatic carbocycles.